The zero-order chi connectivity index (χ0) is 28.5. The van der Waals surface area contributed by atoms with Gasteiger partial charge in [-0.15, -0.1) is 0 Å². The van der Waals surface area contributed by atoms with Crippen LogP contribution in [0.5, 0.6) is 5.88 Å². The van der Waals surface area contributed by atoms with Crippen molar-refractivity contribution in [3.63, 3.8) is 0 Å². The number of hydrogen-bond donors (Lipinski definition) is 2. The molecule has 1 aliphatic heterocycles. The van der Waals surface area contributed by atoms with Crippen LogP contribution in [-0.4, -0.2) is 50.5 Å². The molecule has 13 heteroatoms. The van der Waals surface area contributed by atoms with Gasteiger partial charge < -0.3 is 14.9 Å². The normalized spacial score (nSPS) is 13.0. The highest BCUT2D eigenvalue weighted by Gasteiger charge is 2.39. The van der Waals surface area contributed by atoms with Gasteiger partial charge >= 0.3 is 0 Å². The topological polar surface area (TPSA) is 125 Å². The molecule has 3 aromatic rings. The Labute approximate surface area is 226 Å². The summed E-state index contributed by atoms with van der Waals surface area (Å²) in [5, 5.41) is 19.1. The largest absolute Gasteiger partial charge is 0.471 e. The summed E-state index contributed by atoms with van der Waals surface area (Å²) < 4.78 is 33.5. The lowest BCUT2D eigenvalue weighted by Gasteiger charge is -2.25. The van der Waals surface area contributed by atoms with Crippen LogP contribution in [0.15, 0.2) is 47.5 Å². The molecule has 4 rings (SSSR count). The molecule has 1 aromatic heterocycles. The summed E-state index contributed by atoms with van der Waals surface area (Å²) in [5.74, 6) is -2.82. The maximum atomic E-state index is 13.9. The van der Waals surface area contributed by atoms with E-state index in [1.54, 1.807) is 18.2 Å². The average molecular weight is 563 g/mol. The van der Waals surface area contributed by atoms with Crippen LogP contribution >= 0.6 is 11.6 Å². The maximum Gasteiger partial charge on any atom is 0.276 e. The van der Waals surface area contributed by atoms with Gasteiger partial charge in [-0.1, -0.05) is 17.7 Å². The van der Waals surface area contributed by atoms with E-state index in [0.717, 1.165) is 6.07 Å². The van der Waals surface area contributed by atoms with Crippen LogP contribution < -0.4 is 20.1 Å². The van der Waals surface area contributed by atoms with Gasteiger partial charge in [0.1, 0.15) is 36.8 Å². The van der Waals surface area contributed by atoms with Crippen molar-refractivity contribution in [2.45, 2.75) is 39.0 Å². The predicted octanol–water partition coefficient (Wildman–Crippen LogP) is 2.59. The molecule has 0 radical (unpaired) electrons. The van der Waals surface area contributed by atoms with Crippen molar-refractivity contribution >= 4 is 34.8 Å². The van der Waals surface area contributed by atoms with E-state index in [4.69, 9.17) is 16.3 Å². The number of carbonyl (C=O) groups excluding carboxylic acids is 2. The standard InChI is InChI=1S/C26H25ClF2N4O6/c1-26(2,38)25(37)33-14-32(21(35)7-8-34)20-9-15(3-6-19(20)33)11-31-13-30-23(22(27)24(31)36)39-12-16-4-5-17(28)10-18(16)29/h3-6,9-10,13,34,38H,7-8,11-12,14H2,1-2H3. The zero-order valence-electron chi connectivity index (χ0n) is 21.0. The van der Waals surface area contributed by atoms with E-state index in [-0.39, 0.29) is 49.3 Å². The Morgan fingerprint density at radius 1 is 1.13 bits per heavy atom. The van der Waals surface area contributed by atoms with Crippen LogP contribution in [0.2, 0.25) is 5.02 Å². The number of carbonyl (C=O) groups is 2. The van der Waals surface area contributed by atoms with Gasteiger partial charge in [-0.2, -0.15) is 0 Å². The van der Waals surface area contributed by atoms with Crippen LogP contribution in [0.1, 0.15) is 31.4 Å². The Kier molecular flexibility index (Phi) is 8.00. The summed E-state index contributed by atoms with van der Waals surface area (Å²) in [6.45, 7) is 1.82. The minimum atomic E-state index is -1.69. The van der Waals surface area contributed by atoms with E-state index < -0.39 is 34.6 Å². The van der Waals surface area contributed by atoms with Crippen molar-refractivity contribution in [2.24, 2.45) is 0 Å². The van der Waals surface area contributed by atoms with Crippen molar-refractivity contribution in [3.05, 3.63) is 80.9 Å². The molecule has 2 amide bonds. The number of ether oxygens (including phenoxy) is 1. The first-order valence-corrected chi connectivity index (χ1v) is 12.2. The lowest BCUT2D eigenvalue weighted by molar-refractivity contribution is -0.133. The predicted molar refractivity (Wildman–Crippen MR) is 138 cm³/mol. The quantitative estimate of drug-likeness (QED) is 0.432. The number of halogens is 3. The van der Waals surface area contributed by atoms with E-state index in [0.29, 0.717) is 23.0 Å². The van der Waals surface area contributed by atoms with Gasteiger partial charge in [-0.05, 0) is 43.7 Å². The molecule has 206 valence electrons. The Morgan fingerprint density at radius 3 is 2.54 bits per heavy atom. The summed E-state index contributed by atoms with van der Waals surface area (Å²) >= 11 is 6.17. The number of amides is 2. The molecule has 0 fully saturated rings. The van der Waals surface area contributed by atoms with Crippen LogP contribution in [0.25, 0.3) is 0 Å². The third kappa shape index (κ3) is 5.92. The van der Waals surface area contributed by atoms with Gasteiger partial charge in [-0.3, -0.25) is 28.8 Å². The van der Waals surface area contributed by atoms with Crippen molar-refractivity contribution in [2.75, 3.05) is 23.1 Å². The van der Waals surface area contributed by atoms with Gasteiger partial charge in [0.25, 0.3) is 11.5 Å². The molecule has 0 saturated heterocycles. The maximum absolute atomic E-state index is 13.9. The van der Waals surface area contributed by atoms with Crippen molar-refractivity contribution in [1.82, 2.24) is 9.55 Å². The highest BCUT2D eigenvalue weighted by atomic mass is 35.5. The first kappa shape index (κ1) is 28.1. The lowest BCUT2D eigenvalue weighted by Crippen LogP contribution is -2.47. The van der Waals surface area contributed by atoms with E-state index in [9.17, 15) is 33.4 Å². The Morgan fingerprint density at radius 2 is 1.87 bits per heavy atom. The molecule has 0 spiro atoms. The minimum Gasteiger partial charge on any atom is -0.471 e. The Balaban J connectivity index is 1.58. The first-order valence-electron chi connectivity index (χ1n) is 11.8. The molecule has 2 aromatic carbocycles. The average Bonchev–Trinajstić information content (AvgIpc) is 3.25. The molecule has 0 bridgehead atoms. The number of anilines is 2. The number of aliphatic hydroxyl groups is 2. The minimum absolute atomic E-state index is 0.00677. The second kappa shape index (κ2) is 11.1. The van der Waals surface area contributed by atoms with E-state index in [1.165, 1.54) is 40.6 Å². The van der Waals surface area contributed by atoms with Crippen LogP contribution in [0.3, 0.4) is 0 Å². The van der Waals surface area contributed by atoms with E-state index in [2.05, 4.69) is 4.98 Å². The van der Waals surface area contributed by atoms with Gasteiger partial charge in [0.15, 0.2) is 5.02 Å². The molecule has 2 N–H and O–H groups in total. The summed E-state index contributed by atoms with van der Waals surface area (Å²) in [6, 6.07) is 7.84. The van der Waals surface area contributed by atoms with Gasteiger partial charge in [0.2, 0.25) is 11.8 Å². The third-order valence-corrected chi connectivity index (χ3v) is 6.31. The lowest BCUT2D eigenvalue weighted by atomic mass is 10.1. The molecule has 2 heterocycles. The zero-order valence-corrected chi connectivity index (χ0v) is 21.8. The molecule has 39 heavy (non-hydrogen) atoms. The number of fused-ring (bicyclic) bond motifs is 1. The molecule has 0 aliphatic carbocycles. The number of benzene rings is 2. The Hall–Kier alpha value is -3.87. The highest BCUT2D eigenvalue weighted by molar-refractivity contribution is 6.31. The number of hydrogen-bond acceptors (Lipinski definition) is 7. The molecule has 1 aliphatic rings. The monoisotopic (exact) mass is 562 g/mol. The summed E-state index contributed by atoms with van der Waals surface area (Å²) in [5.41, 5.74) is -0.958. The fraction of sp³-hybridized carbons (Fsp3) is 0.308. The highest BCUT2D eigenvalue weighted by Crippen LogP contribution is 2.38. The van der Waals surface area contributed by atoms with E-state index >= 15 is 0 Å². The molecule has 0 unspecified atom stereocenters. The van der Waals surface area contributed by atoms with Crippen molar-refractivity contribution in [3.8, 4) is 5.88 Å². The molecular formula is C26H25ClF2N4O6. The smallest absolute Gasteiger partial charge is 0.276 e. The summed E-state index contributed by atoms with van der Waals surface area (Å²) in [6.07, 6.45) is 1.02. The molecular weight excluding hydrogens is 538 g/mol. The van der Waals surface area contributed by atoms with Gasteiger partial charge in [0.05, 0.1) is 30.9 Å². The van der Waals surface area contributed by atoms with Crippen LogP contribution in [0.4, 0.5) is 20.2 Å². The van der Waals surface area contributed by atoms with Crippen LogP contribution in [0, 0.1) is 11.6 Å². The molecule has 0 saturated carbocycles. The number of aromatic nitrogens is 2. The van der Waals surface area contributed by atoms with Crippen molar-refractivity contribution in [1.29, 1.82) is 0 Å². The SMILES string of the molecule is CC(C)(O)C(=O)N1CN(C(=O)CCO)c2cc(Cn3cnc(OCc4ccc(F)cc4F)c(Cl)c3=O)ccc21. The molecule has 10 nitrogen and oxygen atoms in total. The summed E-state index contributed by atoms with van der Waals surface area (Å²) in [7, 11) is 0. The second-order valence-corrected chi connectivity index (χ2v) is 9.75. The van der Waals surface area contributed by atoms with Gasteiger partial charge in [0, 0.05) is 11.6 Å². The van der Waals surface area contributed by atoms with Gasteiger partial charge in [-0.25, -0.2) is 13.8 Å². The fourth-order valence-corrected chi connectivity index (χ4v) is 4.21. The van der Waals surface area contributed by atoms with E-state index in [1.807, 2.05) is 0 Å². The summed E-state index contributed by atoms with van der Waals surface area (Å²) in [4.78, 5) is 45.0. The second-order valence-electron chi connectivity index (χ2n) is 9.37. The number of aliphatic hydroxyl groups excluding tert-OH is 1. The third-order valence-electron chi connectivity index (χ3n) is 5.98. The number of nitrogens with zero attached hydrogens (tertiary/aromatic N) is 4. The number of rotatable bonds is 8. The fourth-order valence-electron chi connectivity index (χ4n) is 4.00. The van der Waals surface area contributed by atoms with Crippen molar-refractivity contribution < 1.29 is 33.3 Å². The Bertz CT molecular complexity index is 1490. The van der Waals surface area contributed by atoms with Crippen LogP contribution in [-0.2, 0) is 22.7 Å². The molecule has 0 atom stereocenters. The first-order chi connectivity index (χ1) is 18.4.